The molecule has 1 amide bonds. The second kappa shape index (κ2) is 4.00. The fourth-order valence-corrected chi connectivity index (χ4v) is 3.41. The van der Waals surface area contributed by atoms with Crippen molar-refractivity contribution in [2.75, 3.05) is 26.2 Å². The standard InChI is InChI=1S/C12H21N3O/c13-6-11-7-14-1-2-15(11)12(16)10-4-8-3-9(8)5-10/h8-11,14H,1-7,13H2. The maximum Gasteiger partial charge on any atom is 0.226 e. The van der Waals surface area contributed by atoms with Crippen molar-refractivity contribution in [2.24, 2.45) is 23.5 Å². The summed E-state index contributed by atoms with van der Waals surface area (Å²) < 4.78 is 0. The van der Waals surface area contributed by atoms with Crippen molar-refractivity contribution < 1.29 is 4.79 Å². The topological polar surface area (TPSA) is 58.4 Å². The summed E-state index contributed by atoms with van der Waals surface area (Å²) in [6.45, 7) is 3.20. The molecule has 4 heteroatoms. The molecule has 1 saturated heterocycles. The molecule has 0 aromatic rings. The zero-order valence-corrected chi connectivity index (χ0v) is 9.69. The van der Waals surface area contributed by atoms with Crippen molar-refractivity contribution in [2.45, 2.75) is 25.3 Å². The van der Waals surface area contributed by atoms with E-state index in [4.69, 9.17) is 5.73 Å². The molecule has 3 aliphatic rings. The van der Waals surface area contributed by atoms with Gasteiger partial charge < -0.3 is 16.0 Å². The van der Waals surface area contributed by atoms with E-state index in [-0.39, 0.29) is 6.04 Å². The van der Waals surface area contributed by atoms with Crippen LogP contribution in [-0.2, 0) is 4.79 Å². The summed E-state index contributed by atoms with van der Waals surface area (Å²) in [6.07, 6.45) is 3.67. The Balaban J connectivity index is 1.63. The lowest BCUT2D eigenvalue weighted by Crippen LogP contribution is -2.57. The first-order valence-electron chi connectivity index (χ1n) is 6.51. The van der Waals surface area contributed by atoms with E-state index < -0.39 is 0 Å². The fraction of sp³-hybridized carbons (Fsp3) is 0.917. The third-order valence-electron chi connectivity index (χ3n) is 4.50. The third-order valence-corrected chi connectivity index (χ3v) is 4.50. The number of amides is 1. The van der Waals surface area contributed by atoms with E-state index in [0.29, 0.717) is 18.4 Å². The monoisotopic (exact) mass is 223 g/mol. The van der Waals surface area contributed by atoms with Crippen LogP contribution in [0, 0.1) is 17.8 Å². The van der Waals surface area contributed by atoms with Crippen LogP contribution >= 0.6 is 0 Å². The average Bonchev–Trinajstić information content (AvgIpc) is 2.95. The molecule has 0 radical (unpaired) electrons. The van der Waals surface area contributed by atoms with Crippen molar-refractivity contribution in [3.8, 4) is 0 Å². The van der Waals surface area contributed by atoms with E-state index >= 15 is 0 Å². The van der Waals surface area contributed by atoms with Gasteiger partial charge in [0.25, 0.3) is 0 Å². The van der Waals surface area contributed by atoms with Gasteiger partial charge in [-0.1, -0.05) is 0 Å². The molecule has 0 spiro atoms. The van der Waals surface area contributed by atoms with E-state index in [1.807, 2.05) is 4.90 Å². The fourth-order valence-electron chi connectivity index (χ4n) is 3.41. The second-order valence-corrected chi connectivity index (χ2v) is 5.55. The summed E-state index contributed by atoms with van der Waals surface area (Å²) in [4.78, 5) is 14.4. The van der Waals surface area contributed by atoms with E-state index in [9.17, 15) is 4.79 Å². The van der Waals surface area contributed by atoms with Crippen molar-refractivity contribution in [1.82, 2.24) is 10.2 Å². The van der Waals surface area contributed by atoms with E-state index in [1.165, 1.54) is 6.42 Å². The number of hydrogen-bond donors (Lipinski definition) is 2. The maximum atomic E-state index is 12.4. The normalized spacial score (nSPS) is 41.9. The van der Waals surface area contributed by atoms with Crippen molar-refractivity contribution >= 4 is 5.91 Å². The predicted octanol–water partition coefficient (Wildman–Crippen LogP) is -0.208. The molecule has 0 aromatic heterocycles. The van der Waals surface area contributed by atoms with E-state index in [0.717, 1.165) is 44.3 Å². The van der Waals surface area contributed by atoms with Crippen LogP contribution in [0.2, 0.25) is 0 Å². The Bertz CT molecular complexity index is 284. The molecule has 3 rings (SSSR count). The number of fused-ring (bicyclic) bond motifs is 1. The molecule has 3 unspecified atom stereocenters. The first kappa shape index (κ1) is 10.5. The van der Waals surface area contributed by atoms with Gasteiger partial charge in [0.15, 0.2) is 0 Å². The first-order chi connectivity index (χ1) is 7.79. The van der Waals surface area contributed by atoms with Gasteiger partial charge in [0, 0.05) is 32.1 Å². The third kappa shape index (κ3) is 1.74. The van der Waals surface area contributed by atoms with E-state index in [1.54, 1.807) is 0 Å². The van der Waals surface area contributed by atoms with Gasteiger partial charge in [-0.25, -0.2) is 0 Å². The summed E-state index contributed by atoms with van der Waals surface area (Å²) in [5.74, 6) is 2.46. The van der Waals surface area contributed by atoms with Gasteiger partial charge in [0.2, 0.25) is 5.91 Å². The molecule has 2 saturated carbocycles. The number of nitrogens with one attached hydrogen (secondary N) is 1. The zero-order valence-electron chi connectivity index (χ0n) is 9.69. The Morgan fingerprint density at radius 3 is 2.75 bits per heavy atom. The molecular formula is C12H21N3O. The van der Waals surface area contributed by atoms with Gasteiger partial charge in [0.1, 0.15) is 0 Å². The minimum absolute atomic E-state index is 0.221. The Labute approximate surface area is 96.5 Å². The van der Waals surface area contributed by atoms with Crippen LogP contribution in [0.25, 0.3) is 0 Å². The van der Waals surface area contributed by atoms with E-state index in [2.05, 4.69) is 5.32 Å². The largest absolute Gasteiger partial charge is 0.336 e. The Morgan fingerprint density at radius 2 is 2.06 bits per heavy atom. The highest BCUT2D eigenvalue weighted by Gasteiger charge is 2.49. The highest BCUT2D eigenvalue weighted by atomic mass is 16.2. The first-order valence-corrected chi connectivity index (χ1v) is 6.51. The number of piperazine rings is 1. The summed E-state index contributed by atoms with van der Waals surface area (Å²) in [5, 5.41) is 3.30. The van der Waals surface area contributed by atoms with Gasteiger partial charge >= 0.3 is 0 Å². The van der Waals surface area contributed by atoms with Crippen LogP contribution in [0.1, 0.15) is 19.3 Å². The van der Waals surface area contributed by atoms with Crippen LogP contribution in [-0.4, -0.2) is 43.0 Å². The molecule has 0 bridgehead atoms. The molecule has 3 atom stereocenters. The highest BCUT2D eigenvalue weighted by Crippen LogP contribution is 2.54. The number of nitrogens with two attached hydrogens (primary N) is 1. The molecular weight excluding hydrogens is 202 g/mol. The number of rotatable bonds is 2. The summed E-state index contributed by atoms with van der Waals surface area (Å²) in [5.41, 5.74) is 5.73. The molecule has 16 heavy (non-hydrogen) atoms. The Morgan fingerprint density at radius 1 is 1.31 bits per heavy atom. The SMILES string of the molecule is NCC1CNCCN1C(=O)C1CC2CC2C1. The molecule has 0 aromatic carbocycles. The van der Waals surface area contributed by atoms with Gasteiger partial charge in [-0.3, -0.25) is 4.79 Å². The summed E-state index contributed by atoms with van der Waals surface area (Å²) >= 11 is 0. The van der Waals surface area contributed by atoms with Crippen molar-refractivity contribution in [3.63, 3.8) is 0 Å². The average molecular weight is 223 g/mol. The van der Waals surface area contributed by atoms with Crippen LogP contribution in [0.4, 0.5) is 0 Å². The second-order valence-electron chi connectivity index (χ2n) is 5.55. The molecule has 1 heterocycles. The van der Waals surface area contributed by atoms with Gasteiger partial charge in [-0.05, 0) is 31.1 Å². The lowest BCUT2D eigenvalue weighted by Gasteiger charge is -2.37. The van der Waals surface area contributed by atoms with Crippen LogP contribution in [0.5, 0.6) is 0 Å². The highest BCUT2D eigenvalue weighted by molar-refractivity contribution is 5.80. The molecule has 2 aliphatic carbocycles. The Hall–Kier alpha value is -0.610. The summed E-state index contributed by atoms with van der Waals surface area (Å²) in [6, 6.07) is 0.221. The van der Waals surface area contributed by atoms with Crippen LogP contribution in [0.3, 0.4) is 0 Å². The maximum absolute atomic E-state index is 12.4. The lowest BCUT2D eigenvalue weighted by atomic mass is 10.00. The van der Waals surface area contributed by atoms with Gasteiger partial charge in [0.05, 0.1) is 6.04 Å². The number of nitrogens with zero attached hydrogens (tertiary/aromatic N) is 1. The Kier molecular flexibility index (Phi) is 2.64. The smallest absolute Gasteiger partial charge is 0.226 e. The van der Waals surface area contributed by atoms with Crippen molar-refractivity contribution in [3.05, 3.63) is 0 Å². The minimum atomic E-state index is 0.221. The zero-order chi connectivity index (χ0) is 11.1. The van der Waals surface area contributed by atoms with Gasteiger partial charge in [-0.15, -0.1) is 0 Å². The molecule has 1 aliphatic heterocycles. The van der Waals surface area contributed by atoms with Crippen molar-refractivity contribution in [1.29, 1.82) is 0 Å². The van der Waals surface area contributed by atoms with Crippen LogP contribution < -0.4 is 11.1 Å². The number of hydrogen-bond acceptors (Lipinski definition) is 3. The van der Waals surface area contributed by atoms with Gasteiger partial charge in [-0.2, -0.15) is 0 Å². The lowest BCUT2D eigenvalue weighted by molar-refractivity contribution is -0.138. The minimum Gasteiger partial charge on any atom is -0.336 e. The predicted molar refractivity (Wildman–Crippen MR) is 61.7 cm³/mol. The quantitative estimate of drug-likeness (QED) is 0.681. The summed E-state index contributed by atoms with van der Waals surface area (Å²) in [7, 11) is 0. The molecule has 3 fully saturated rings. The molecule has 3 N–H and O–H groups in total. The number of carbonyl (C=O) groups is 1. The molecule has 90 valence electrons. The van der Waals surface area contributed by atoms with Crippen LogP contribution in [0.15, 0.2) is 0 Å². The molecule has 4 nitrogen and oxygen atoms in total. The number of carbonyl (C=O) groups excluding carboxylic acids is 1.